The molecule has 0 saturated heterocycles. The largest absolute Gasteiger partial charge is 0.497 e. The molecule has 0 spiro atoms. The smallest absolute Gasteiger partial charge is 0.260 e. The van der Waals surface area contributed by atoms with E-state index in [4.69, 9.17) is 14.2 Å². The summed E-state index contributed by atoms with van der Waals surface area (Å²) in [6.45, 7) is 4.54. The first-order valence-corrected chi connectivity index (χ1v) is 7.86. The second kappa shape index (κ2) is 8.82. The van der Waals surface area contributed by atoms with E-state index in [1.54, 1.807) is 38.3 Å². The number of carbonyl (C=O) groups excluding carboxylic acids is 1. The Balaban J connectivity index is 1.71. The van der Waals surface area contributed by atoms with Crippen LogP contribution in [0.3, 0.4) is 0 Å². The third-order valence-corrected chi connectivity index (χ3v) is 3.40. The summed E-state index contributed by atoms with van der Waals surface area (Å²) in [4.78, 5) is 12.0. The molecule has 5 nitrogen and oxygen atoms in total. The Morgan fingerprint density at radius 2 is 1.79 bits per heavy atom. The van der Waals surface area contributed by atoms with Crippen LogP contribution in [0.4, 0.5) is 0 Å². The lowest BCUT2D eigenvalue weighted by molar-refractivity contribution is -0.127. The molecule has 2 aromatic carbocycles. The Labute approximate surface area is 142 Å². The van der Waals surface area contributed by atoms with E-state index in [-0.39, 0.29) is 5.91 Å². The molecule has 2 aromatic rings. The number of nitrogens with one attached hydrogen (secondary N) is 1. The summed E-state index contributed by atoms with van der Waals surface area (Å²) in [6.07, 6.45) is -0.586. The highest BCUT2D eigenvalue weighted by Crippen LogP contribution is 2.18. The van der Waals surface area contributed by atoms with Gasteiger partial charge in [0.05, 0.1) is 13.7 Å². The van der Waals surface area contributed by atoms with Crippen molar-refractivity contribution in [3.63, 3.8) is 0 Å². The van der Waals surface area contributed by atoms with Gasteiger partial charge in [0.15, 0.2) is 6.10 Å². The Bertz CT molecular complexity index is 655. The molecule has 0 radical (unpaired) electrons. The average Bonchev–Trinajstić information content (AvgIpc) is 2.59. The molecule has 0 bridgehead atoms. The van der Waals surface area contributed by atoms with Gasteiger partial charge in [-0.1, -0.05) is 12.1 Å². The quantitative estimate of drug-likeness (QED) is 0.757. The highest BCUT2D eigenvalue weighted by atomic mass is 16.5. The van der Waals surface area contributed by atoms with Gasteiger partial charge in [-0.3, -0.25) is 4.79 Å². The van der Waals surface area contributed by atoms with Crippen LogP contribution >= 0.6 is 0 Å². The van der Waals surface area contributed by atoms with E-state index in [9.17, 15) is 4.79 Å². The zero-order valence-electron chi connectivity index (χ0n) is 14.2. The molecular formula is C19H23NO4. The normalized spacial score (nSPS) is 11.5. The monoisotopic (exact) mass is 329 g/mol. The van der Waals surface area contributed by atoms with Crippen molar-refractivity contribution in [2.45, 2.75) is 20.0 Å². The summed E-state index contributed by atoms with van der Waals surface area (Å²) in [5.74, 6) is 1.98. The lowest BCUT2D eigenvalue weighted by atomic mass is 10.2. The maximum Gasteiger partial charge on any atom is 0.260 e. The molecule has 0 saturated carbocycles. The molecule has 0 fully saturated rings. The molecule has 0 aliphatic heterocycles. The third kappa shape index (κ3) is 5.50. The Hall–Kier alpha value is -2.69. The second-order valence-electron chi connectivity index (χ2n) is 5.39. The number of hydrogen-bond donors (Lipinski definition) is 1. The van der Waals surface area contributed by atoms with Gasteiger partial charge in [-0.2, -0.15) is 0 Å². The summed E-state index contributed by atoms with van der Waals surface area (Å²) in [5, 5.41) is 2.80. The molecule has 2 rings (SSSR count). The predicted molar refractivity (Wildman–Crippen MR) is 92.8 cm³/mol. The van der Waals surface area contributed by atoms with E-state index < -0.39 is 6.10 Å². The van der Waals surface area contributed by atoms with E-state index in [0.29, 0.717) is 18.9 Å². The van der Waals surface area contributed by atoms with Gasteiger partial charge in [-0.25, -0.2) is 0 Å². The first-order valence-electron chi connectivity index (χ1n) is 7.86. The third-order valence-electron chi connectivity index (χ3n) is 3.40. The number of benzene rings is 2. The van der Waals surface area contributed by atoms with Crippen molar-refractivity contribution in [1.29, 1.82) is 0 Å². The predicted octanol–water partition coefficient (Wildman–Crippen LogP) is 2.97. The van der Waals surface area contributed by atoms with Gasteiger partial charge in [-0.05, 0) is 55.8 Å². The lowest BCUT2D eigenvalue weighted by Gasteiger charge is -2.15. The van der Waals surface area contributed by atoms with Crippen LogP contribution in [0.5, 0.6) is 17.2 Å². The van der Waals surface area contributed by atoms with Crippen molar-refractivity contribution in [2.75, 3.05) is 20.3 Å². The maximum absolute atomic E-state index is 12.0. The van der Waals surface area contributed by atoms with Crippen molar-refractivity contribution in [3.8, 4) is 17.2 Å². The zero-order chi connectivity index (χ0) is 17.4. The molecule has 0 heterocycles. The number of methoxy groups -OCH3 is 1. The molecule has 1 N–H and O–H groups in total. The molecule has 5 heteroatoms. The van der Waals surface area contributed by atoms with Gasteiger partial charge in [0.2, 0.25) is 0 Å². The number of ether oxygens (including phenoxy) is 3. The van der Waals surface area contributed by atoms with Crippen molar-refractivity contribution < 1.29 is 19.0 Å². The van der Waals surface area contributed by atoms with Crippen LogP contribution < -0.4 is 19.5 Å². The van der Waals surface area contributed by atoms with E-state index >= 15 is 0 Å². The van der Waals surface area contributed by atoms with Crippen LogP contribution in [0.15, 0.2) is 48.5 Å². The average molecular weight is 329 g/mol. The minimum absolute atomic E-state index is 0.182. The summed E-state index contributed by atoms with van der Waals surface area (Å²) >= 11 is 0. The van der Waals surface area contributed by atoms with Crippen LogP contribution in [0.1, 0.15) is 12.5 Å². The minimum Gasteiger partial charge on any atom is -0.497 e. The van der Waals surface area contributed by atoms with Crippen LogP contribution in [0, 0.1) is 6.92 Å². The van der Waals surface area contributed by atoms with E-state index in [0.717, 1.165) is 17.1 Å². The maximum atomic E-state index is 12.0. The number of hydrogen-bond acceptors (Lipinski definition) is 4. The summed E-state index contributed by atoms with van der Waals surface area (Å²) in [7, 11) is 1.60. The fourth-order valence-corrected chi connectivity index (χ4v) is 2.10. The standard InChI is InChI=1S/C19H23NO4/c1-14-5-4-6-18(13-14)23-12-11-20-19(21)15(2)24-17-9-7-16(22-3)8-10-17/h4-10,13,15H,11-12H2,1-3H3,(H,20,21)/t15-/m1/s1. The first kappa shape index (κ1) is 17.7. The van der Waals surface area contributed by atoms with Gasteiger partial charge < -0.3 is 19.5 Å². The second-order valence-corrected chi connectivity index (χ2v) is 5.39. The fourth-order valence-electron chi connectivity index (χ4n) is 2.10. The number of amides is 1. The first-order chi connectivity index (χ1) is 11.6. The topological polar surface area (TPSA) is 56.8 Å². The highest BCUT2D eigenvalue weighted by Gasteiger charge is 2.14. The minimum atomic E-state index is -0.586. The summed E-state index contributed by atoms with van der Waals surface area (Å²) in [6, 6.07) is 14.9. The molecular weight excluding hydrogens is 306 g/mol. The molecule has 1 amide bonds. The van der Waals surface area contributed by atoms with Gasteiger partial charge in [0.25, 0.3) is 5.91 Å². The molecule has 1 atom stereocenters. The molecule has 0 aliphatic carbocycles. The number of rotatable bonds is 8. The Morgan fingerprint density at radius 3 is 2.46 bits per heavy atom. The van der Waals surface area contributed by atoms with E-state index in [2.05, 4.69) is 5.32 Å². The summed E-state index contributed by atoms with van der Waals surface area (Å²) < 4.78 is 16.3. The SMILES string of the molecule is COc1ccc(O[C@H](C)C(=O)NCCOc2cccc(C)c2)cc1. The van der Waals surface area contributed by atoms with Gasteiger partial charge in [0, 0.05) is 0 Å². The van der Waals surface area contributed by atoms with Gasteiger partial charge >= 0.3 is 0 Å². The molecule has 0 aromatic heterocycles. The van der Waals surface area contributed by atoms with Gasteiger partial charge in [0.1, 0.15) is 23.9 Å². The number of aryl methyl sites for hydroxylation is 1. The molecule has 0 unspecified atom stereocenters. The molecule has 24 heavy (non-hydrogen) atoms. The highest BCUT2D eigenvalue weighted by molar-refractivity contribution is 5.80. The molecule has 0 aliphatic rings. The Kier molecular flexibility index (Phi) is 6.49. The van der Waals surface area contributed by atoms with E-state index in [1.807, 2.05) is 31.2 Å². The summed E-state index contributed by atoms with van der Waals surface area (Å²) in [5.41, 5.74) is 1.14. The van der Waals surface area contributed by atoms with Crippen molar-refractivity contribution in [2.24, 2.45) is 0 Å². The number of carbonyl (C=O) groups is 1. The van der Waals surface area contributed by atoms with Gasteiger partial charge in [-0.15, -0.1) is 0 Å². The van der Waals surface area contributed by atoms with Crippen molar-refractivity contribution in [3.05, 3.63) is 54.1 Å². The fraction of sp³-hybridized carbons (Fsp3) is 0.316. The van der Waals surface area contributed by atoms with Crippen LogP contribution in [0.25, 0.3) is 0 Å². The van der Waals surface area contributed by atoms with Crippen molar-refractivity contribution in [1.82, 2.24) is 5.32 Å². The zero-order valence-corrected chi connectivity index (χ0v) is 14.2. The van der Waals surface area contributed by atoms with Crippen molar-refractivity contribution >= 4 is 5.91 Å². The van der Waals surface area contributed by atoms with E-state index in [1.165, 1.54) is 0 Å². The van der Waals surface area contributed by atoms with Crippen LogP contribution in [-0.2, 0) is 4.79 Å². The molecule has 128 valence electrons. The Morgan fingerprint density at radius 1 is 1.08 bits per heavy atom. The lowest BCUT2D eigenvalue weighted by Crippen LogP contribution is -2.38. The van der Waals surface area contributed by atoms with Crippen LogP contribution in [0.2, 0.25) is 0 Å². The van der Waals surface area contributed by atoms with Crippen LogP contribution in [-0.4, -0.2) is 32.3 Å².